The van der Waals surface area contributed by atoms with E-state index in [1.165, 1.54) is 17.0 Å². The molecule has 0 aliphatic carbocycles. The van der Waals surface area contributed by atoms with Crippen molar-refractivity contribution in [2.24, 2.45) is 0 Å². The first kappa shape index (κ1) is 27.2. The monoisotopic (exact) mass is 533 g/mol. The Bertz CT molecular complexity index is 1090. The lowest BCUT2D eigenvalue weighted by molar-refractivity contribution is -0.139. The summed E-state index contributed by atoms with van der Waals surface area (Å²) in [6.07, 6.45) is 1.71. The van der Waals surface area contributed by atoms with Crippen molar-refractivity contribution in [2.45, 2.75) is 32.9 Å². The van der Waals surface area contributed by atoms with Crippen molar-refractivity contribution < 1.29 is 18.0 Å². The number of nitrogens with zero attached hydrogens (tertiary/aromatic N) is 2. The molecule has 180 valence electrons. The highest BCUT2D eigenvalue weighted by Crippen LogP contribution is 2.33. The van der Waals surface area contributed by atoms with Crippen LogP contribution < -0.4 is 9.62 Å². The number of nitrogens with one attached hydrogen (secondary N) is 1. The van der Waals surface area contributed by atoms with Crippen molar-refractivity contribution in [3.05, 3.63) is 63.1 Å². The molecule has 0 radical (unpaired) electrons. The van der Waals surface area contributed by atoms with Gasteiger partial charge in [-0.2, -0.15) is 0 Å². The molecular formula is C22H26Cl3N3O4S. The fraction of sp³-hybridized carbons (Fsp3) is 0.364. The van der Waals surface area contributed by atoms with Gasteiger partial charge in [-0.25, -0.2) is 8.42 Å². The normalized spacial score (nSPS) is 12.2. The third-order valence-electron chi connectivity index (χ3n) is 4.86. The Morgan fingerprint density at radius 3 is 2.27 bits per heavy atom. The maximum atomic E-state index is 13.4. The summed E-state index contributed by atoms with van der Waals surface area (Å²) in [5, 5.41) is 3.46. The fourth-order valence-electron chi connectivity index (χ4n) is 3.04. The predicted molar refractivity (Wildman–Crippen MR) is 133 cm³/mol. The molecule has 0 saturated heterocycles. The van der Waals surface area contributed by atoms with Gasteiger partial charge in [-0.3, -0.25) is 13.9 Å². The van der Waals surface area contributed by atoms with Gasteiger partial charge in [-0.15, -0.1) is 0 Å². The highest BCUT2D eigenvalue weighted by molar-refractivity contribution is 7.92. The van der Waals surface area contributed by atoms with Crippen LogP contribution in [0.5, 0.6) is 0 Å². The molecule has 0 aliphatic rings. The van der Waals surface area contributed by atoms with E-state index >= 15 is 0 Å². The highest BCUT2D eigenvalue weighted by Gasteiger charge is 2.31. The molecular weight excluding hydrogens is 509 g/mol. The second-order valence-corrected chi connectivity index (χ2v) is 10.6. The standard InChI is InChI=1S/C22H26Cl3N3O4S/c1-4-12-26-22(30)15(2)27(13-16-8-10-17(23)11-9-16)20(29)14-28(33(3,31)32)19-7-5-6-18(24)21(19)25/h5-11,15H,4,12-14H2,1-3H3,(H,26,30). The molecule has 33 heavy (non-hydrogen) atoms. The minimum atomic E-state index is -3.90. The van der Waals surface area contributed by atoms with Crippen LogP contribution in [0.2, 0.25) is 15.1 Å². The average molecular weight is 535 g/mol. The first-order valence-electron chi connectivity index (χ1n) is 10.2. The number of sulfonamides is 1. The van der Waals surface area contributed by atoms with Gasteiger partial charge in [-0.05, 0) is 43.2 Å². The topological polar surface area (TPSA) is 86.8 Å². The molecule has 2 aromatic carbocycles. The van der Waals surface area contributed by atoms with E-state index in [1.807, 2.05) is 6.92 Å². The van der Waals surface area contributed by atoms with Gasteiger partial charge in [0.25, 0.3) is 0 Å². The summed E-state index contributed by atoms with van der Waals surface area (Å²) in [5.41, 5.74) is 0.809. The van der Waals surface area contributed by atoms with Crippen LogP contribution in [0.1, 0.15) is 25.8 Å². The third kappa shape index (κ3) is 7.50. The summed E-state index contributed by atoms with van der Waals surface area (Å²) in [6, 6.07) is 10.5. The van der Waals surface area contributed by atoms with Crippen LogP contribution >= 0.6 is 34.8 Å². The molecule has 0 fully saturated rings. The Balaban J connectivity index is 2.40. The second-order valence-electron chi connectivity index (χ2n) is 7.46. The summed E-state index contributed by atoms with van der Waals surface area (Å²) in [7, 11) is -3.90. The van der Waals surface area contributed by atoms with E-state index < -0.39 is 28.5 Å². The van der Waals surface area contributed by atoms with Gasteiger partial charge >= 0.3 is 0 Å². The molecule has 0 bridgehead atoms. The number of carbonyl (C=O) groups is 2. The van der Waals surface area contributed by atoms with Crippen molar-refractivity contribution in [3.63, 3.8) is 0 Å². The van der Waals surface area contributed by atoms with Crippen LogP contribution in [-0.4, -0.2) is 50.5 Å². The number of anilines is 1. The van der Waals surface area contributed by atoms with Gasteiger partial charge in [0.2, 0.25) is 21.8 Å². The van der Waals surface area contributed by atoms with Crippen LogP contribution in [0.3, 0.4) is 0 Å². The summed E-state index contributed by atoms with van der Waals surface area (Å²) >= 11 is 18.2. The van der Waals surface area contributed by atoms with Crippen molar-refractivity contribution in [3.8, 4) is 0 Å². The zero-order valence-electron chi connectivity index (χ0n) is 18.5. The van der Waals surface area contributed by atoms with Crippen LogP contribution in [0.25, 0.3) is 0 Å². The smallest absolute Gasteiger partial charge is 0.244 e. The van der Waals surface area contributed by atoms with Gasteiger partial charge < -0.3 is 10.2 Å². The van der Waals surface area contributed by atoms with Crippen LogP contribution in [0.15, 0.2) is 42.5 Å². The molecule has 2 rings (SSSR count). The van der Waals surface area contributed by atoms with E-state index in [1.54, 1.807) is 37.3 Å². The van der Waals surface area contributed by atoms with Crippen molar-refractivity contribution >= 4 is 62.3 Å². The number of halogens is 3. The first-order chi connectivity index (χ1) is 15.5. The molecule has 0 aromatic heterocycles. The predicted octanol–water partition coefficient (Wildman–Crippen LogP) is 4.36. The van der Waals surface area contributed by atoms with E-state index in [-0.39, 0.29) is 28.2 Å². The molecule has 2 aromatic rings. The first-order valence-corrected chi connectivity index (χ1v) is 13.2. The van der Waals surface area contributed by atoms with E-state index in [9.17, 15) is 18.0 Å². The molecule has 11 heteroatoms. The molecule has 1 atom stereocenters. The summed E-state index contributed by atoms with van der Waals surface area (Å²) in [5.74, 6) is -0.920. The zero-order chi connectivity index (χ0) is 24.8. The van der Waals surface area contributed by atoms with E-state index in [4.69, 9.17) is 34.8 Å². The Labute approximate surface area is 209 Å². The third-order valence-corrected chi connectivity index (χ3v) is 7.05. The lowest BCUT2D eigenvalue weighted by Crippen LogP contribution is -2.51. The van der Waals surface area contributed by atoms with Gasteiger partial charge in [0.05, 0.1) is 22.0 Å². The molecule has 1 N–H and O–H groups in total. The fourth-order valence-corrected chi connectivity index (χ4v) is 4.47. The van der Waals surface area contributed by atoms with Crippen molar-refractivity contribution in [1.82, 2.24) is 10.2 Å². The Hall–Kier alpha value is -2.00. The molecule has 0 spiro atoms. The van der Waals surface area contributed by atoms with Gasteiger partial charge in [0.1, 0.15) is 12.6 Å². The Morgan fingerprint density at radius 2 is 1.70 bits per heavy atom. The molecule has 2 amide bonds. The quantitative estimate of drug-likeness (QED) is 0.491. The van der Waals surface area contributed by atoms with Gasteiger partial charge in [0.15, 0.2) is 0 Å². The number of carbonyl (C=O) groups excluding carboxylic acids is 2. The number of hydrogen-bond acceptors (Lipinski definition) is 4. The largest absolute Gasteiger partial charge is 0.354 e. The van der Waals surface area contributed by atoms with Crippen molar-refractivity contribution in [1.29, 1.82) is 0 Å². The SMILES string of the molecule is CCCNC(=O)C(C)N(Cc1ccc(Cl)cc1)C(=O)CN(c1cccc(Cl)c1Cl)S(C)(=O)=O. The number of rotatable bonds is 10. The molecule has 1 unspecified atom stereocenters. The lowest BCUT2D eigenvalue weighted by atomic mass is 10.1. The van der Waals surface area contributed by atoms with Crippen molar-refractivity contribution in [2.75, 3.05) is 23.7 Å². The minimum absolute atomic E-state index is 0.00961. The van der Waals surface area contributed by atoms with Crippen LogP contribution in [0, 0.1) is 0 Å². The van der Waals surface area contributed by atoms with Gasteiger partial charge in [0, 0.05) is 18.1 Å². The summed E-state index contributed by atoms with van der Waals surface area (Å²) in [4.78, 5) is 27.4. The maximum Gasteiger partial charge on any atom is 0.244 e. The number of amides is 2. The van der Waals surface area contributed by atoms with Crippen LogP contribution in [-0.2, 0) is 26.2 Å². The molecule has 0 heterocycles. The number of hydrogen-bond donors (Lipinski definition) is 1. The van der Waals surface area contributed by atoms with E-state index in [0.717, 1.165) is 22.5 Å². The minimum Gasteiger partial charge on any atom is -0.354 e. The molecule has 7 nitrogen and oxygen atoms in total. The lowest BCUT2D eigenvalue weighted by Gasteiger charge is -2.31. The zero-order valence-corrected chi connectivity index (χ0v) is 21.6. The summed E-state index contributed by atoms with van der Waals surface area (Å²) < 4.78 is 26.0. The Morgan fingerprint density at radius 1 is 1.06 bits per heavy atom. The number of benzene rings is 2. The second kappa shape index (κ2) is 11.9. The van der Waals surface area contributed by atoms with E-state index in [2.05, 4.69) is 5.32 Å². The highest BCUT2D eigenvalue weighted by atomic mass is 35.5. The van der Waals surface area contributed by atoms with Gasteiger partial charge in [-0.1, -0.05) is 59.9 Å². The van der Waals surface area contributed by atoms with Crippen LogP contribution in [0.4, 0.5) is 5.69 Å². The maximum absolute atomic E-state index is 13.4. The van der Waals surface area contributed by atoms with E-state index in [0.29, 0.717) is 11.6 Å². The molecule has 0 saturated carbocycles. The average Bonchev–Trinajstić information content (AvgIpc) is 2.76. The summed E-state index contributed by atoms with van der Waals surface area (Å²) in [6.45, 7) is 3.49. The Kier molecular flexibility index (Phi) is 9.84. The molecule has 0 aliphatic heterocycles.